The summed E-state index contributed by atoms with van der Waals surface area (Å²) in [4.78, 5) is 6.37. The van der Waals surface area contributed by atoms with Gasteiger partial charge in [-0.3, -0.25) is 0 Å². The molecular formula is C16H20N2S. The first-order chi connectivity index (χ1) is 9.33. The van der Waals surface area contributed by atoms with Gasteiger partial charge in [-0.1, -0.05) is 31.2 Å². The molecule has 2 nitrogen and oxygen atoms in total. The lowest BCUT2D eigenvalue weighted by molar-refractivity contribution is 0.675. The lowest BCUT2D eigenvalue weighted by Gasteiger charge is -2.17. The number of aryl methyl sites for hydroxylation is 3. The number of nitrogens with one attached hydrogen (secondary N) is 1. The van der Waals surface area contributed by atoms with Gasteiger partial charge in [0.15, 0.2) is 0 Å². The van der Waals surface area contributed by atoms with E-state index in [1.54, 1.807) is 0 Å². The third kappa shape index (κ3) is 2.33. The van der Waals surface area contributed by atoms with E-state index in [9.17, 15) is 0 Å². The van der Waals surface area contributed by atoms with Gasteiger partial charge in [-0.2, -0.15) is 0 Å². The average Bonchev–Trinajstić information content (AvgIpc) is 3.01. The summed E-state index contributed by atoms with van der Waals surface area (Å²) in [6.07, 6.45) is 4.74. The van der Waals surface area contributed by atoms with Crippen LogP contribution in [-0.2, 0) is 19.3 Å². The monoisotopic (exact) mass is 272 g/mol. The Morgan fingerprint density at radius 2 is 2.16 bits per heavy atom. The number of fused-ring (bicyclic) bond motifs is 1. The van der Waals surface area contributed by atoms with Crippen molar-refractivity contribution in [3.8, 4) is 0 Å². The predicted molar refractivity (Wildman–Crippen MR) is 80.9 cm³/mol. The number of hydrogen-bond acceptors (Lipinski definition) is 3. The maximum absolute atomic E-state index is 4.87. The van der Waals surface area contributed by atoms with Gasteiger partial charge >= 0.3 is 0 Å². The molecule has 1 heterocycles. The van der Waals surface area contributed by atoms with Gasteiger partial charge in [-0.05, 0) is 43.9 Å². The number of aromatic nitrogens is 1. The normalized spacial score (nSPS) is 15.5. The predicted octanol–water partition coefficient (Wildman–Crippen LogP) is 3.50. The van der Waals surface area contributed by atoms with E-state index in [0.717, 1.165) is 12.8 Å². The van der Waals surface area contributed by atoms with Crippen LogP contribution in [0, 0.1) is 0 Å². The highest BCUT2D eigenvalue weighted by atomic mass is 32.1. The van der Waals surface area contributed by atoms with Crippen molar-refractivity contribution < 1.29 is 0 Å². The minimum Gasteiger partial charge on any atom is -0.307 e. The van der Waals surface area contributed by atoms with E-state index in [4.69, 9.17) is 4.98 Å². The summed E-state index contributed by atoms with van der Waals surface area (Å²) < 4.78 is 0. The number of nitrogens with zero attached hydrogens (tertiary/aromatic N) is 1. The fourth-order valence-electron chi connectivity index (χ4n) is 2.88. The second-order valence-electron chi connectivity index (χ2n) is 5.05. The van der Waals surface area contributed by atoms with Crippen molar-refractivity contribution >= 4 is 11.3 Å². The van der Waals surface area contributed by atoms with Crippen LogP contribution in [0.4, 0.5) is 0 Å². The molecule has 19 heavy (non-hydrogen) atoms. The van der Waals surface area contributed by atoms with E-state index in [1.807, 2.05) is 18.4 Å². The largest absolute Gasteiger partial charge is 0.307 e. The standard InChI is InChI=1S/C16H20N2S/c1-3-11-7-4-5-8-12(11)15(17-2)16-18-13-9-6-10-14(13)19-16/h4-5,7-8,15,17H,3,6,9-10H2,1-2H3. The molecule has 0 saturated carbocycles. The molecule has 0 saturated heterocycles. The molecule has 3 heteroatoms. The van der Waals surface area contributed by atoms with Crippen LogP contribution in [0.25, 0.3) is 0 Å². The summed E-state index contributed by atoms with van der Waals surface area (Å²) in [6, 6.07) is 8.94. The van der Waals surface area contributed by atoms with Gasteiger partial charge < -0.3 is 5.32 Å². The van der Waals surface area contributed by atoms with Gasteiger partial charge in [0.2, 0.25) is 0 Å². The van der Waals surface area contributed by atoms with Crippen LogP contribution in [0.1, 0.15) is 46.1 Å². The van der Waals surface area contributed by atoms with Crippen molar-refractivity contribution in [3.05, 3.63) is 51.0 Å². The number of benzene rings is 1. The summed E-state index contributed by atoms with van der Waals surface area (Å²) in [5.74, 6) is 0. The summed E-state index contributed by atoms with van der Waals surface area (Å²) in [7, 11) is 2.03. The van der Waals surface area contributed by atoms with Crippen molar-refractivity contribution in [1.82, 2.24) is 10.3 Å². The molecule has 1 N–H and O–H groups in total. The zero-order chi connectivity index (χ0) is 13.2. The molecule has 0 bridgehead atoms. The van der Waals surface area contributed by atoms with Gasteiger partial charge in [0, 0.05) is 4.88 Å². The molecular weight excluding hydrogens is 252 g/mol. The van der Waals surface area contributed by atoms with E-state index in [0.29, 0.717) is 0 Å². The molecule has 0 spiro atoms. The van der Waals surface area contributed by atoms with Crippen molar-refractivity contribution in [3.63, 3.8) is 0 Å². The topological polar surface area (TPSA) is 24.9 Å². The Hall–Kier alpha value is -1.19. The minimum atomic E-state index is 0.242. The molecule has 1 unspecified atom stereocenters. The Morgan fingerprint density at radius 3 is 2.89 bits per heavy atom. The first-order valence-corrected chi connectivity index (χ1v) is 7.88. The smallest absolute Gasteiger partial charge is 0.115 e. The average molecular weight is 272 g/mol. The number of rotatable bonds is 4. The van der Waals surface area contributed by atoms with Gasteiger partial charge in [0.25, 0.3) is 0 Å². The maximum atomic E-state index is 4.87. The fraction of sp³-hybridized carbons (Fsp3) is 0.438. The highest BCUT2D eigenvalue weighted by Gasteiger charge is 2.23. The first kappa shape index (κ1) is 12.8. The van der Waals surface area contributed by atoms with Gasteiger partial charge in [-0.25, -0.2) is 4.98 Å². The van der Waals surface area contributed by atoms with E-state index in [1.165, 1.54) is 39.5 Å². The highest BCUT2D eigenvalue weighted by molar-refractivity contribution is 7.11. The zero-order valence-electron chi connectivity index (χ0n) is 11.6. The fourth-order valence-corrected chi connectivity index (χ4v) is 4.17. The third-order valence-corrected chi connectivity index (χ3v) is 5.12. The second kappa shape index (κ2) is 5.43. The van der Waals surface area contributed by atoms with Crippen LogP contribution in [0.2, 0.25) is 0 Å². The quantitative estimate of drug-likeness (QED) is 0.921. The molecule has 0 radical (unpaired) electrons. The molecule has 0 amide bonds. The van der Waals surface area contributed by atoms with E-state index >= 15 is 0 Å². The number of hydrogen-bond donors (Lipinski definition) is 1. The zero-order valence-corrected chi connectivity index (χ0v) is 12.4. The SMILES string of the molecule is CCc1ccccc1C(NC)c1nc2c(s1)CCC2. The first-order valence-electron chi connectivity index (χ1n) is 7.07. The molecule has 1 aliphatic carbocycles. The van der Waals surface area contributed by atoms with Crippen molar-refractivity contribution in [1.29, 1.82) is 0 Å². The van der Waals surface area contributed by atoms with E-state index in [-0.39, 0.29) is 6.04 Å². The van der Waals surface area contributed by atoms with Crippen molar-refractivity contribution in [2.75, 3.05) is 7.05 Å². The van der Waals surface area contributed by atoms with Crippen LogP contribution in [0.5, 0.6) is 0 Å². The Labute approximate surface area is 118 Å². The van der Waals surface area contributed by atoms with Crippen LogP contribution in [-0.4, -0.2) is 12.0 Å². The molecule has 0 aliphatic heterocycles. The summed E-state index contributed by atoms with van der Waals surface area (Å²) in [6.45, 7) is 2.22. The summed E-state index contributed by atoms with van der Waals surface area (Å²) in [5, 5.41) is 4.68. The third-order valence-electron chi connectivity index (χ3n) is 3.89. The molecule has 1 aliphatic rings. The molecule has 3 rings (SSSR count). The molecule has 1 aromatic carbocycles. The van der Waals surface area contributed by atoms with Crippen LogP contribution in [0.15, 0.2) is 24.3 Å². The van der Waals surface area contributed by atoms with E-state index < -0.39 is 0 Å². The van der Waals surface area contributed by atoms with Crippen molar-refractivity contribution in [2.45, 2.75) is 38.6 Å². The lowest BCUT2D eigenvalue weighted by atomic mass is 9.99. The summed E-state index contributed by atoms with van der Waals surface area (Å²) >= 11 is 1.90. The van der Waals surface area contributed by atoms with Gasteiger partial charge in [-0.15, -0.1) is 11.3 Å². The Balaban J connectivity index is 1.99. The van der Waals surface area contributed by atoms with Crippen LogP contribution in [0.3, 0.4) is 0 Å². The molecule has 1 aromatic heterocycles. The second-order valence-corrected chi connectivity index (χ2v) is 6.16. The number of thiazole rings is 1. The van der Waals surface area contributed by atoms with Crippen LogP contribution >= 0.6 is 11.3 Å². The van der Waals surface area contributed by atoms with Crippen molar-refractivity contribution in [2.24, 2.45) is 0 Å². The Bertz CT molecular complexity index is 552. The van der Waals surface area contributed by atoms with Gasteiger partial charge in [0.05, 0.1) is 11.7 Å². The summed E-state index contributed by atoms with van der Waals surface area (Å²) in [5.41, 5.74) is 4.13. The maximum Gasteiger partial charge on any atom is 0.115 e. The highest BCUT2D eigenvalue weighted by Crippen LogP contribution is 2.34. The van der Waals surface area contributed by atoms with Crippen LogP contribution < -0.4 is 5.32 Å². The Morgan fingerprint density at radius 1 is 1.32 bits per heavy atom. The Kier molecular flexibility index (Phi) is 3.67. The molecule has 1 atom stereocenters. The molecule has 100 valence electrons. The van der Waals surface area contributed by atoms with E-state index in [2.05, 4.69) is 36.5 Å². The lowest BCUT2D eigenvalue weighted by Crippen LogP contribution is -2.19. The molecule has 2 aromatic rings. The van der Waals surface area contributed by atoms with Gasteiger partial charge in [0.1, 0.15) is 5.01 Å². The molecule has 0 fully saturated rings. The minimum absolute atomic E-state index is 0.242.